The summed E-state index contributed by atoms with van der Waals surface area (Å²) >= 11 is 1.61. The van der Waals surface area contributed by atoms with Crippen molar-refractivity contribution in [2.45, 2.75) is 56.9 Å². The molecule has 0 fully saturated rings. The molecular weight excluding hydrogens is 484 g/mol. The molecule has 1 atom stereocenters. The van der Waals surface area contributed by atoms with Crippen LogP contribution in [-0.4, -0.2) is 45.0 Å². The van der Waals surface area contributed by atoms with Gasteiger partial charge in [-0.25, -0.2) is 13.2 Å². The van der Waals surface area contributed by atoms with Crippen LogP contribution in [-0.2, 0) is 14.8 Å². The maximum atomic E-state index is 12.6. The highest BCUT2D eigenvalue weighted by Gasteiger charge is 2.20. The number of benzene rings is 2. The Kier molecular flexibility index (Phi) is 11.9. The minimum atomic E-state index is -3.71. The predicted octanol–water partition coefficient (Wildman–Crippen LogP) is 4.74. The van der Waals surface area contributed by atoms with Gasteiger partial charge in [0, 0.05) is 17.9 Å². The first-order valence-corrected chi connectivity index (χ1v) is 14.7. The summed E-state index contributed by atoms with van der Waals surface area (Å²) in [4.78, 5) is 25.2. The fourth-order valence-corrected chi connectivity index (χ4v) is 4.80. The van der Waals surface area contributed by atoms with Crippen LogP contribution in [0.3, 0.4) is 0 Å². The highest BCUT2D eigenvalue weighted by molar-refractivity contribution is 7.98. The van der Waals surface area contributed by atoms with E-state index >= 15 is 0 Å². The third-order valence-corrected chi connectivity index (χ3v) is 7.33. The number of nitrogens with one attached hydrogen (secondary N) is 4. The Morgan fingerprint density at radius 2 is 1.60 bits per heavy atom. The van der Waals surface area contributed by atoms with Gasteiger partial charge in [0.1, 0.15) is 6.04 Å². The SMILES string of the molecule is CCCCCCNC(=O)[C@@H](CCSC)NC(=O)Nc1ccc(NS(=O)(=O)c2ccc(C)cc2)cc1. The van der Waals surface area contributed by atoms with E-state index in [4.69, 9.17) is 0 Å². The van der Waals surface area contributed by atoms with Crippen LogP contribution < -0.4 is 20.7 Å². The van der Waals surface area contributed by atoms with Crippen molar-refractivity contribution < 1.29 is 18.0 Å². The van der Waals surface area contributed by atoms with Gasteiger partial charge in [0.15, 0.2) is 0 Å². The molecule has 3 amide bonds. The van der Waals surface area contributed by atoms with Crippen molar-refractivity contribution in [2.75, 3.05) is 28.6 Å². The van der Waals surface area contributed by atoms with Crippen molar-refractivity contribution in [3.63, 3.8) is 0 Å². The molecule has 0 radical (unpaired) electrons. The Bertz CT molecular complexity index is 1040. The molecule has 192 valence electrons. The van der Waals surface area contributed by atoms with Gasteiger partial charge in [0.2, 0.25) is 5.91 Å². The topological polar surface area (TPSA) is 116 Å². The van der Waals surface area contributed by atoms with E-state index in [1.54, 1.807) is 60.3 Å². The van der Waals surface area contributed by atoms with Crippen LogP contribution in [0.5, 0.6) is 0 Å². The number of sulfonamides is 1. The average molecular weight is 521 g/mol. The quantitative estimate of drug-likeness (QED) is 0.269. The van der Waals surface area contributed by atoms with Gasteiger partial charge in [0.25, 0.3) is 10.0 Å². The second-order valence-electron chi connectivity index (χ2n) is 8.28. The first kappa shape index (κ1) is 28.5. The fraction of sp³-hybridized carbons (Fsp3) is 0.440. The molecule has 0 saturated heterocycles. The van der Waals surface area contributed by atoms with Gasteiger partial charge in [0.05, 0.1) is 4.90 Å². The van der Waals surface area contributed by atoms with Gasteiger partial charge in [-0.05, 0) is 68.2 Å². The molecule has 2 aromatic rings. The lowest BCUT2D eigenvalue weighted by atomic mass is 10.2. The average Bonchev–Trinajstić information content (AvgIpc) is 2.82. The van der Waals surface area contributed by atoms with Crippen molar-refractivity contribution in [2.24, 2.45) is 0 Å². The van der Waals surface area contributed by atoms with E-state index in [1.807, 2.05) is 13.2 Å². The van der Waals surface area contributed by atoms with E-state index in [1.165, 1.54) is 0 Å². The van der Waals surface area contributed by atoms with Gasteiger partial charge in [-0.1, -0.05) is 43.9 Å². The molecule has 10 heteroatoms. The lowest BCUT2D eigenvalue weighted by Gasteiger charge is -2.18. The van der Waals surface area contributed by atoms with E-state index in [-0.39, 0.29) is 10.8 Å². The third-order valence-electron chi connectivity index (χ3n) is 5.29. The largest absolute Gasteiger partial charge is 0.354 e. The number of aryl methyl sites for hydroxylation is 1. The predicted molar refractivity (Wildman–Crippen MR) is 145 cm³/mol. The van der Waals surface area contributed by atoms with Gasteiger partial charge in [-0.15, -0.1) is 0 Å². The molecule has 35 heavy (non-hydrogen) atoms. The normalized spacial score (nSPS) is 12.0. The van der Waals surface area contributed by atoms with Crippen LogP contribution in [0.1, 0.15) is 44.6 Å². The molecule has 0 heterocycles. The Morgan fingerprint density at radius 1 is 0.943 bits per heavy atom. The molecular formula is C25H36N4O4S2. The third kappa shape index (κ3) is 10.2. The van der Waals surface area contributed by atoms with Gasteiger partial charge in [-0.2, -0.15) is 11.8 Å². The van der Waals surface area contributed by atoms with Crippen LogP contribution in [0.15, 0.2) is 53.4 Å². The summed E-state index contributed by atoms with van der Waals surface area (Å²) in [6, 6.07) is 11.8. The molecule has 4 N–H and O–H groups in total. The molecule has 8 nitrogen and oxygen atoms in total. The number of urea groups is 1. The molecule has 0 aliphatic heterocycles. The minimum absolute atomic E-state index is 0.171. The summed E-state index contributed by atoms with van der Waals surface area (Å²) in [5.41, 5.74) is 1.82. The standard InChI is InChI=1S/C25H36N4O4S2/c1-4-5-6-7-17-26-24(30)23(16-18-34-3)28-25(31)27-20-10-12-21(13-11-20)29-35(32,33)22-14-8-19(2)9-15-22/h8-15,23,29H,4-7,16-18H2,1-3H3,(H,26,30)(H2,27,28,31)/t23-/m1/s1. The maximum absolute atomic E-state index is 12.6. The number of unbranched alkanes of at least 4 members (excludes halogenated alkanes) is 3. The van der Waals surface area contributed by atoms with E-state index in [2.05, 4.69) is 27.6 Å². The maximum Gasteiger partial charge on any atom is 0.319 e. The highest BCUT2D eigenvalue weighted by atomic mass is 32.2. The van der Waals surface area contributed by atoms with Crippen LogP contribution >= 0.6 is 11.8 Å². The monoisotopic (exact) mass is 520 g/mol. The number of anilines is 2. The minimum Gasteiger partial charge on any atom is -0.354 e. The molecule has 0 aliphatic carbocycles. The zero-order valence-electron chi connectivity index (χ0n) is 20.6. The fourth-order valence-electron chi connectivity index (χ4n) is 3.27. The number of hydrogen-bond acceptors (Lipinski definition) is 5. The number of hydrogen-bond donors (Lipinski definition) is 4. The molecule has 0 saturated carbocycles. The summed E-state index contributed by atoms with van der Waals surface area (Å²) in [5, 5.41) is 8.36. The second kappa shape index (κ2) is 14.6. The molecule has 2 aromatic carbocycles. The zero-order chi connectivity index (χ0) is 25.7. The van der Waals surface area contributed by atoms with Crippen molar-refractivity contribution in [1.29, 1.82) is 0 Å². The zero-order valence-corrected chi connectivity index (χ0v) is 22.2. The number of amides is 3. The highest BCUT2D eigenvalue weighted by Crippen LogP contribution is 2.19. The molecule has 0 bridgehead atoms. The number of carbonyl (C=O) groups is 2. The molecule has 0 aromatic heterocycles. The summed E-state index contributed by atoms with van der Waals surface area (Å²) in [7, 11) is -3.71. The summed E-state index contributed by atoms with van der Waals surface area (Å²) in [5.74, 6) is 0.552. The van der Waals surface area contributed by atoms with Gasteiger partial charge in [-0.3, -0.25) is 9.52 Å². The van der Waals surface area contributed by atoms with E-state index in [0.29, 0.717) is 24.3 Å². The van der Waals surface area contributed by atoms with Crippen molar-refractivity contribution in [3.8, 4) is 0 Å². The van der Waals surface area contributed by atoms with Crippen molar-refractivity contribution in [1.82, 2.24) is 10.6 Å². The smallest absolute Gasteiger partial charge is 0.319 e. The van der Waals surface area contributed by atoms with Gasteiger partial charge < -0.3 is 16.0 Å². The van der Waals surface area contributed by atoms with E-state index in [0.717, 1.165) is 37.0 Å². The summed E-state index contributed by atoms with van der Waals surface area (Å²) in [6.45, 7) is 4.62. The van der Waals surface area contributed by atoms with Gasteiger partial charge >= 0.3 is 6.03 Å². The Labute approximate surface area is 213 Å². The number of thioether (sulfide) groups is 1. The first-order chi connectivity index (χ1) is 16.7. The Morgan fingerprint density at radius 3 is 2.23 bits per heavy atom. The Hall–Kier alpha value is -2.72. The van der Waals surface area contributed by atoms with Crippen LogP contribution in [0.25, 0.3) is 0 Å². The van der Waals surface area contributed by atoms with Crippen LogP contribution in [0.2, 0.25) is 0 Å². The van der Waals surface area contributed by atoms with Crippen LogP contribution in [0, 0.1) is 6.92 Å². The molecule has 0 spiro atoms. The number of carbonyl (C=O) groups excluding carboxylic acids is 2. The first-order valence-electron chi connectivity index (χ1n) is 11.8. The summed E-state index contributed by atoms with van der Waals surface area (Å²) < 4.78 is 27.6. The second-order valence-corrected chi connectivity index (χ2v) is 10.9. The Balaban J connectivity index is 1.91. The lowest BCUT2D eigenvalue weighted by molar-refractivity contribution is -0.122. The summed E-state index contributed by atoms with van der Waals surface area (Å²) in [6.07, 6.45) is 6.73. The molecule has 0 unspecified atom stereocenters. The molecule has 0 aliphatic rings. The van der Waals surface area contributed by atoms with Crippen molar-refractivity contribution in [3.05, 3.63) is 54.1 Å². The lowest BCUT2D eigenvalue weighted by Crippen LogP contribution is -2.48. The molecule has 2 rings (SSSR count). The van der Waals surface area contributed by atoms with Crippen molar-refractivity contribution >= 4 is 45.1 Å². The van der Waals surface area contributed by atoms with E-state index < -0.39 is 22.1 Å². The number of rotatable bonds is 14. The van der Waals surface area contributed by atoms with E-state index in [9.17, 15) is 18.0 Å². The van der Waals surface area contributed by atoms with Crippen LogP contribution in [0.4, 0.5) is 16.2 Å².